The number of aryl methyl sites for hydroxylation is 1. The second-order valence-electron chi connectivity index (χ2n) is 5.90. The first-order valence-electron chi connectivity index (χ1n) is 8.06. The zero-order chi connectivity index (χ0) is 17.2. The number of carbonyl (C=O) groups is 1. The number of benzene rings is 2. The molecule has 4 rings (SSSR count). The Morgan fingerprint density at radius 1 is 1.12 bits per heavy atom. The van der Waals surface area contributed by atoms with Crippen LogP contribution in [0.15, 0.2) is 67.0 Å². The molecule has 0 bridgehead atoms. The van der Waals surface area contributed by atoms with Gasteiger partial charge >= 0.3 is 0 Å². The lowest BCUT2D eigenvalue weighted by atomic mass is 10.1. The number of amides is 1. The van der Waals surface area contributed by atoms with Crippen LogP contribution < -0.4 is 5.32 Å². The van der Waals surface area contributed by atoms with Gasteiger partial charge in [-0.05, 0) is 18.6 Å². The first-order chi connectivity index (χ1) is 12.2. The minimum absolute atomic E-state index is 0.127. The third kappa shape index (κ3) is 3.19. The van der Waals surface area contributed by atoms with E-state index in [1.54, 1.807) is 6.20 Å². The third-order valence-electron chi connectivity index (χ3n) is 4.07. The topological polar surface area (TPSA) is 46.9 Å². The van der Waals surface area contributed by atoms with Gasteiger partial charge in [-0.15, -0.1) is 11.3 Å². The average Bonchev–Trinajstić information content (AvgIpc) is 3.20. The summed E-state index contributed by atoms with van der Waals surface area (Å²) in [5.74, 6) is -0.127. The Balaban J connectivity index is 1.70. The van der Waals surface area contributed by atoms with E-state index in [4.69, 9.17) is 0 Å². The number of hydrogen-bond donors (Lipinski definition) is 1. The van der Waals surface area contributed by atoms with Gasteiger partial charge in [-0.25, -0.2) is 4.98 Å². The van der Waals surface area contributed by atoms with Gasteiger partial charge in [-0.3, -0.25) is 10.1 Å². The standard InChI is InChI=1S/C20H17N3OS/c1-14-11-21-20(25-14)22-19(24)17-13-23(12-15-7-3-2-4-8-15)18-10-6-5-9-16(17)18/h2-11,13H,12H2,1H3,(H,21,22,24). The minimum Gasteiger partial charge on any atom is -0.342 e. The average molecular weight is 347 g/mol. The summed E-state index contributed by atoms with van der Waals surface area (Å²) in [5, 5.41) is 4.48. The quantitative estimate of drug-likeness (QED) is 0.581. The van der Waals surface area contributed by atoms with Gasteiger partial charge in [-0.2, -0.15) is 0 Å². The van der Waals surface area contributed by atoms with E-state index in [9.17, 15) is 4.79 Å². The summed E-state index contributed by atoms with van der Waals surface area (Å²) in [7, 11) is 0. The molecule has 124 valence electrons. The molecule has 0 saturated heterocycles. The number of hydrogen-bond acceptors (Lipinski definition) is 3. The smallest absolute Gasteiger partial charge is 0.259 e. The van der Waals surface area contributed by atoms with Crippen molar-refractivity contribution < 1.29 is 4.79 Å². The molecular weight excluding hydrogens is 330 g/mol. The van der Waals surface area contributed by atoms with Crippen molar-refractivity contribution in [1.29, 1.82) is 0 Å². The van der Waals surface area contributed by atoms with Gasteiger partial charge in [-0.1, -0.05) is 48.5 Å². The molecule has 0 aliphatic rings. The summed E-state index contributed by atoms with van der Waals surface area (Å²) in [6.45, 7) is 2.70. The Morgan fingerprint density at radius 3 is 2.64 bits per heavy atom. The number of nitrogens with zero attached hydrogens (tertiary/aromatic N) is 2. The number of thiazole rings is 1. The predicted octanol–water partition coefficient (Wildman–Crippen LogP) is 4.71. The molecule has 1 amide bonds. The van der Waals surface area contributed by atoms with E-state index in [0.29, 0.717) is 10.7 Å². The van der Waals surface area contributed by atoms with Crippen molar-refractivity contribution in [2.45, 2.75) is 13.5 Å². The zero-order valence-electron chi connectivity index (χ0n) is 13.8. The number of anilines is 1. The van der Waals surface area contributed by atoms with Gasteiger partial charge in [0.25, 0.3) is 5.91 Å². The van der Waals surface area contributed by atoms with Crippen LogP contribution in [0.1, 0.15) is 20.8 Å². The Labute approximate surface area is 149 Å². The van der Waals surface area contributed by atoms with Gasteiger partial charge in [0.05, 0.1) is 5.56 Å². The van der Waals surface area contributed by atoms with Gasteiger partial charge < -0.3 is 4.57 Å². The van der Waals surface area contributed by atoms with Gasteiger partial charge in [0.15, 0.2) is 5.13 Å². The molecule has 0 radical (unpaired) electrons. The van der Waals surface area contributed by atoms with Crippen LogP contribution in [-0.2, 0) is 6.54 Å². The minimum atomic E-state index is -0.127. The van der Waals surface area contributed by atoms with Gasteiger partial charge in [0, 0.05) is 34.7 Å². The summed E-state index contributed by atoms with van der Waals surface area (Å²) < 4.78 is 2.12. The van der Waals surface area contributed by atoms with Crippen molar-refractivity contribution in [3.05, 3.63) is 83.0 Å². The first-order valence-corrected chi connectivity index (χ1v) is 8.88. The SMILES string of the molecule is Cc1cnc(NC(=O)c2cn(Cc3ccccc3)c3ccccc23)s1. The highest BCUT2D eigenvalue weighted by atomic mass is 32.1. The van der Waals surface area contributed by atoms with Crippen LogP contribution in [0.4, 0.5) is 5.13 Å². The monoisotopic (exact) mass is 347 g/mol. The van der Waals surface area contributed by atoms with Crippen molar-refractivity contribution in [3.63, 3.8) is 0 Å². The van der Waals surface area contributed by atoms with E-state index < -0.39 is 0 Å². The molecule has 2 aromatic heterocycles. The van der Waals surface area contributed by atoms with Crippen molar-refractivity contribution in [1.82, 2.24) is 9.55 Å². The third-order valence-corrected chi connectivity index (χ3v) is 4.90. The number of nitrogens with one attached hydrogen (secondary N) is 1. The maximum Gasteiger partial charge on any atom is 0.259 e. The van der Waals surface area contributed by atoms with E-state index in [2.05, 4.69) is 27.0 Å². The molecule has 0 aliphatic carbocycles. The summed E-state index contributed by atoms with van der Waals surface area (Å²) >= 11 is 1.48. The zero-order valence-corrected chi connectivity index (χ0v) is 14.6. The number of fused-ring (bicyclic) bond motifs is 1. The normalized spacial score (nSPS) is 10.9. The highest BCUT2D eigenvalue weighted by Crippen LogP contribution is 2.24. The molecule has 0 fully saturated rings. The Kier molecular flexibility index (Phi) is 4.07. The summed E-state index contributed by atoms with van der Waals surface area (Å²) in [5.41, 5.74) is 2.91. The van der Waals surface area contributed by atoms with Crippen LogP contribution in [0.2, 0.25) is 0 Å². The van der Waals surface area contributed by atoms with Crippen LogP contribution in [-0.4, -0.2) is 15.5 Å². The van der Waals surface area contributed by atoms with Crippen LogP contribution >= 0.6 is 11.3 Å². The molecule has 25 heavy (non-hydrogen) atoms. The molecule has 1 N–H and O–H groups in total. The molecule has 0 spiro atoms. The number of rotatable bonds is 4. The summed E-state index contributed by atoms with van der Waals surface area (Å²) in [4.78, 5) is 18.0. The predicted molar refractivity (Wildman–Crippen MR) is 102 cm³/mol. The van der Waals surface area contributed by atoms with Crippen molar-refractivity contribution in [3.8, 4) is 0 Å². The van der Waals surface area contributed by atoms with E-state index in [1.807, 2.05) is 55.6 Å². The number of carbonyl (C=O) groups excluding carboxylic acids is 1. The fraction of sp³-hybridized carbons (Fsp3) is 0.100. The fourth-order valence-corrected chi connectivity index (χ4v) is 3.58. The van der Waals surface area contributed by atoms with Gasteiger partial charge in [0.2, 0.25) is 0 Å². The van der Waals surface area contributed by atoms with Crippen molar-refractivity contribution in [2.24, 2.45) is 0 Å². The Hall–Kier alpha value is -2.92. The van der Waals surface area contributed by atoms with Crippen LogP contribution in [0.3, 0.4) is 0 Å². The molecular formula is C20H17N3OS. The van der Waals surface area contributed by atoms with Crippen LogP contribution in [0, 0.1) is 6.92 Å². The molecule has 0 atom stereocenters. The maximum atomic E-state index is 12.7. The van der Waals surface area contributed by atoms with E-state index in [1.165, 1.54) is 16.9 Å². The van der Waals surface area contributed by atoms with Gasteiger partial charge in [0.1, 0.15) is 0 Å². The van der Waals surface area contributed by atoms with Crippen molar-refractivity contribution >= 4 is 33.3 Å². The lowest BCUT2D eigenvalue weighted by Gasteiger charge is -2.05. The Morgan fingerprint density at radius 2 is 1.88 bits per heavy atom. The van der Waals surface area contributed by atoms with E-state index >= 15 is 0 Å². The number of para-hydroxylation sites is 1. The first kappa shape index (κ1) is 15.6. The lowest BCUT2D eigenvalue weighted by Crippen LogP contribution is -2.11. The highest BCUT2D eigenvalue weighted by Gasteiger charge is 2.16. The van der Waals surface area contributed by atoms with Crippen LogP contribution in [0.25, 0.3) is 10.9 Å². The van der Waals surface area contributed by atoms with Crippen molar-refractivity contribution in [2.75, 3.05) is 5.32 Å². The highest BCUT2D eigenvalue weighted by molar-refractivity contribution is 7.15. The lowest BCUT2D eigenvalue weighted by molar-refractivity contribution is 0.102. The molecule has 4 nitrogen and oxygen atoms in total. The number of aromatic nitrogens is 2. The molecule has 4 aromatic rings. The molecule has 2 aromatic carbocycles. The molecule has 5 heteroatoms. The van der Waals surface area contributed by atoms with Crippen LogP contribution in [0.5, 0.6) is 0 Å². The molecule has 2 heterocycles. The molecule has 0 unspecified atom stereocenters. The second-order valence-corrected chi connectivity index (χ2v) is 7.14. The molecule has 0 aliphatic heterocycles. The Bertz CT molecular complexity index is 1030. The summed E-state index contributed by atoms with van der Waals surface area (Å²) in [6.07, 6.45) is 3.69. The summed E-state index contributed by atoms with van der Waals surface area (Å²) in [6, 6.07) is 18.2. The fourth-order valence-electron chi connectivity index (χ4n) is 2.92. The largest absolute Gasteiger partial charge is 0.342 e. The van der Waals surface area contributed by atoms with E-state index in [0.717, 1.165) is 22.3 Å². The molecule has 0 saturated carbocycles. The van der Waals surface area contributed by atoms with E-state index in [-0.39, 0.29) is 5.91 Å². The maximum absolute atomic E-state index is 12.7. The second kappa shape index (κ2) is 6.53.